The number of amides is 2. The van der Waals surface area contributed by atoms with Gasteiger partial charge in [0.2, 0.25) is 0 Å². The fourth-order valence-corrected chi connectivity index (χ4v) is 2.37. The summed E-state index contributed by atoms with van der Waals surface area (Å²) in [6.07, 6.45) is 0.793. The molecule has 0 aliphatic carbocycles. The first kappa shape index (κ1) is 17.8. The molecule has 2 aromatic rings. The van der Waals surface area contributed by atoms with E-state index in [4.69, 9.17) is 4.74 Å². The third-order valence-corrected chi connectivity index (χ3v) is 3.72. The molecule has 2 N–H and O–H groups in total. The fourth-order valence-electron chi connectivity index (χ4n) is 2.37. The van der Waals surface area contributed by atoms with Gasteiger partial charge < -0.3 is 20.3 Å². The average molecular weight is 327 g/mol. The Hall–Kier alpha value is -2.53. The zero-order valence-corrected chi connectivity index (χ0v) is 14.5. The standard InChI is InChI=1S/C19H25N3O2/c1-22(2)17-10-8-15(9-11-17)12-13-20-19(23)21-18-7-5-4-6-16(18)14-24-3/h4-11H,12-14H2,1-3H3,(H2,20,21,23). The second-order valence-corrected chi connectivity index (χ2v) is 5.78. The number of hydrogen-bond donors (Lipinski definition) is 2. The van der Waals surface area contributed by atoms with E-state index in [1.54, 1.807) is 7.11 Å². The number of nitrogens with one attached hydrogen (secondary N) is 2. The summed E-state index contributed by atoms with van der Waals surface area (Å²) in [6.45, 7) is 1.05. The minimum atomic E-state index is -0.205. The Bertz CT molecular complexity index is 654. The molecule has 0 aromatic heterocycles. The van der Waals surface area contributed by atoms with E-state index >= 15 is 0 Å². The van der Waals surface area contributed by atoms with Crippen LogP contribution in [0.25, 0.3) is 0 Å². The summed E-state index contributed by atoms with van der Waals surface area (Å²) in [7, 11) is 5.67. The monoisotopic (exact) mass is 327 g/mol. The number of hydrogen-bond acceptors (Lipinski definition) is 3. The normalized spacial score (nSPS) is 10.3. The van der Waals surface area contributed by atoms with Gasteiger partial charge in [0.15, 0.2) is 0 Å². The number of benzene rings is 2. The van der Waals surface area contributed by atoms with E-state index in [-0.39, 0.29) is 6.03 Å². The molecule has 0 bridgehead atoms. The second-order valence-electron chi connectivity index (χ2n) is 5.78. The fraction of sp³-hybridized carbons (Fsp3) is 0.316. The van der Waals surface area contributed by atoms with E-state index in [9.17, 15) is 4.79 Å². The molecule has 5 heteroatoms. The highest BCUT2D eigenvalue weighted by molar-refractivity contribution is 5.90. The van der Waals surface area contributed by atoms with Gasteiger partial charge >= 0.3 is 6.03 Å². The molecule has 0 radical (unpaired) electrons. The van der Waals surface area contributed by atoms with Gasteiger partial charge in [0.1, 0.15) is 0 Å². The van der Waals surface area contributed by atoms with E-state index < -0.39 is 0 Å². The molecule has 0 atom stereocenters. The van der Waals surface area contributed by atoms with Crippen molar-refractivity contribution in [1.82, 2.24) is 5.32 Å². The van der Waals surface area contributed by atoms with E-state index in [0.717, 1.165) is 17.7 Å². The van der Waals surface area contributed by atoms with Crippen molar-refractivity contribution in [2.75, 3.05) is 38.0 Å². The number of rotatable bonds is 7. The van der Waals surface area contributed by atoms with E-state index in [2.05, 4.69) is 39.8 Å². The summed E-state index contributed by atoms with van der Waals surface area (Å²) >= 11 is 0. The first-order valence-corrected chi connectivity index (χ1v) is 7.98. The predicted molar refractivity (Wildman–Crippen MR) is 98.6 cm³/mol. The van der Waals surface area contributed by atoms with Crippen LogP contribution in [0.1, 0.15) is 11.1 Å². The summed E-state index contributed by atoms with van der Waals surface area (Å²) in [5.41, 5.74) is 4.08. The topological polar surface area (TPSA) is 53.6 Å². The zero-order valence-electron chi connectivity index (χ0n) is 14.5. The molecule has 2 rings (SSSR count). The molecule has 0 fully saturated rings. The van der Waals surface area contributed by atoms with Gasteiger partial charge in [-0.3, -0.25) is 0 Å². The Morgan fingerprint density at radius 1 is 1.08 bits per heavy atom. The van der Waals surface area contributed by atoms with E-state index in [1.807, 2.05) is 38.4 Å². The molecule has 0 aliphatic heterocycles. The van der Waals surface area contributed by atoms with Crippen molar-refractivity contribution in [2.24, 2.45) is 0 Å². The number of anilines is 2. The van der Waals surface area contributed by atoms with Gasteiger partial charge in [-0.2, -0.15) is 0 Å². The Morgan fingerprint density at radius 2 is 1.79 bits per heavy atom. The number of ether oxygens (including phenoxy) is 1. The minimum absolute atomic E-state index is 0.205. The second kappa shape index (κ2) is 8.93. The van der Waals surface area contributed by atoms with Crippen molar-refractivity contribution in [1.29, 1.82) is 0 Å². The molecular weight excluding hydrogens is 302 g/mol. The molecule has 24 heavy (non-hydrogen) atoms. The maximum atomic E-state index is 12.0. The molecule has 2 amide bonds. The third-order valence-electron chi connectivity index (χ3n) is 3.72. The molecule has 2 aromatic carbocycles. The molecule has 0 saturated carbocycles. The summed E-state index contributed by atoms with van der Waals surface area (Å²) < 4.78 is 5.14. The van der Waals surface area contributed by atoms with Crippen LogP contribution in [0.4, 0.5) is 16.2 Å². The van der Waals surface area contributed by atoms with Gasteiger partial charge in [0.05, 0.1) is 6.61 Å². The maximum Gasteiger partial charge on any atom is 0.319 e. The highest BCUT2D eigenvalue weighted by atomic mass is 16.5. The van der Waals surface area contributed by atoms with Crippen LogP contribution in [0, 0.1) is 0 Å². The van der Waals surface area contributed by atoms with Crippen LogP contribution in [-0.2, 0) is 17.8 Å². The lowest BCUT2D eigenvalue weighted by atomic mass is 10.1. The number of carbonyl (C=O) groups excluding carboxylic acids is 1. The highest BCUT2D eigenvalue weighted by Crippen LogP contribution is 2.15. The lowest BCUT2D eigenvalue weighted by Crippen LogP contribution is -2.30. The van der Waals surface area contributed by atoms with Gasteiger partial charge in [-0.05, 0) is 30.2 Å². The predicted octanol–water partition coefficient (Wildman–Crippen LogP) is 3.26. The molecule has 0 unspecified atom stereocenters. The number of urea groups is 1. The molecule has 0 saturated heterocycles. The number of nitrogens with zero attached hydrogens (tertiary/aromatic N) is 1. The molecule has 0 spiro atoms. The molecular formula is C19H25N3O2. The summed E-state index contributed by atoms with van der Waals surface area (Å²) in [4.78, 5) is 14.1. The SMILES string of the molecule is COCc1ccccc1NC(=O)NCCc1ccc(N(C)C)cc1. The van der Waals surface area contributed by atoms with Crippen LogP contribution in [0.15, 0.2) is 48.5 Å². The van der Waals surface area contributed by atoms with Crippen molar-refractivity contribution in [3.63, 3.8) is 0 Å². The lowest BCUT2D eigenvalue weighted by Gasteiger charge is -2.13. The highest BCUT2D eigenvalue weighted by Gasteiger charge is 2.06. The van der Waals surface area contributed by atoms with Crippen molar-refractivity contribution >= 4 is 17.4 Å². The van der Waals surface area contributed by atoms with Gasteiger partial charge in [-0.15, -0.1) is 0 Å². The van der Waals surface area contributed by atoms with Crippen molar-refractivity contribution in [3.8, 4) is 0 Å². The quantitative estimate of drug-likeness (QED) is 0.821. The van der Waals surface area contributed by atoms with Crippen LogP contribution in [0.3, 0.4) is 0 Å². The van der Waals surface area contributed by atoms with Gasteiger partial charge in [-0.25, -0.2) is 4.79 Å². The van der Waals surface area contributed by atoms with Gasteiger partial charge in [0, 0.05) is 44.7 Å². The summed E-state index contributed by atoms with van der Waals surface area (Å²) in [5, 5.41) is 5.75. The smallest absolute Gasteiger partial charge is 0.319 e. The van der Waals surface area contributed by atoms with E-state index in [1.165, 1.54) is 11.3 Å². The van der Waals surface area contributed by atoms with Crippen LogP contribution in [0.5, 0.6) is 0 Å². The number of para-hydroxylation sites is 1. The van der Waals surface area contributed by atoms with Crippen molar-refractivity contribution in [2.45, 2.75) is 13.0 Å². The van der Waals surface area contributed by atoms with Crippen molar-refractivity contribution in [3.05, 3.63) is 59.7 Å². The molecule has 128 valence electrons. The molecule has 0 aliphatic rings. The Labute approximate surface area is 143 Å². The maximum absolute atomic E-state index is 12.0. The Morgan fingerprint density at radius 3 is 2.46 bits per heavy atom. The first-order valence-electron chi connectivity index (χ1n) is 7.98. The van der Waals surface area contributed by atoms with Crippen LogP contribution < -0.4 is 15.5 Å². The number of carbonyl (C=O) groups is 1. The third kappa shape index (κ3) is 5.28. The first-order chi connectivity index (χ1) is 11.6. The lowest BCUT2D eigenvalue weighted by molar-refractivity contribution is 0.185. The van der Waals surface area contributed by atoms with Crippen molar-refractivity contribution < 1.29 is 9.53 Å². The van der Waals surface area contributed by atoms with Crippen LogP contribution in [0.2, 0.25) is 0 Å². The summed E-state index contributed by atoms with van der Waals surface area (Å²) in [5.74, 6) is 0. The van der Waals surface area contributed by atoms with Gasteiger partial charge in [0.25, 0.3) is 0 Å². The zero-order chi connectivity index (χ0) is 17.4. The molecule has 0 heterocycles. The van der Waals surface area contributed by atoms with Crippen LogP contribution in [-0.4, -0.2) is 33.8 Å². The largest absolute Gasteiger partial charge is 0.380 e. The van der Waals surface area contributed by atoms with E-state index in [0.29, 0.717) is 13.2 Å². The number of methoxy groups -OCH3 is 1. The summed E-state index contributed by atoms with van der Waals surface area (Å²) in [6, 6.07) is 15.7. The Balaban J connectivity index is 1.81. The Kier molecular flexibility index (Phi) is 6.63. The van der Waals surface area contributed by atoms with Gasteiger partial charge in [-0.1, -0.05) is 30.3 Å². The minimum Gasteiger partial charge on any atom is -0.380 e. The molecule has 5 nitrogen and oxygen atoms in total. The average Bonchev–Trinajstić information content (AvgIpc) is 2.57. The van der Waals surface area contributed by atoms with Crippen LogP contribution >= 0.6 is 0 Å².